The zero-order chi connectivity index (χ0) is 18.7. The Balaban J connectivity index is 1.55. The van der Waals surface area contributed by atoms with Crippen molar-refractivity contribution in [2.75, 3.05) is 30.4 Å². The molecule has 5 heteroatoms. The van der Waals surface area contributed by atoms with Crippen LogP contribution in [0.15, 0.2) is 36.4 Å². The first kappa shape index (κ1) is 16.6. The van der Waals surface area contributed by atoms with E-state index in [0.29, 0.717) is 0 Å². The Morgan fingerprint density at radius 2 is 1.96 bits per heavy atom. The summed E-state index contributed by atoms with van der Waals surface area (Å²) in [4.78, 5) is 9.30. The van der Waals surface area contributed by atoms with E-state index in [1.807, 2.05) is 14.1 Å². The zero-order valence-electron chi connectivity index (χ0n) is 16.3. The molecule has 1 aliphatic rings. The predicted octanol–water partition coefficient (Wildman–Crippen LogP) is 4.73. The second-order valence-electron chi connectivity index (χ2n) is 7.72. The first-order chi connectivity index (χ1) is 13.0. The van der Waals surface area contributed by atoms with Gasteiger partial charge in [0.15, 0.2) is 5.13 Å². The van der Waals surface area contributed by atoms with Crippen molar-refractivity contribution in [3.8, 4) is 0 Å². The van der Waals surface area contributed by atoms with Crippen molar-refractivity contribution >= 4 is 43.3 Å². The molecule has 3 heterocycles. The molecule has 2 aromatic heterocycles. The fraction of sp³-hybridized carbons (Fsp3) is 0.318. The van der Waals surface area contributed by atoms with E-state index in [4.69, 9.17) is 4.98 Å². The largest absolute Gasteiger partial charge is 0.367 e. The van der Waals surface area contributed by atoms with Crippen molar-refractivity contribution in [1.29, 1.82) is 0 Å². The molecular formula is C22H24N4S. The predicted molar refractivity (Wildman–Crippen MR) is 116 cm³/mol. The van der Waals surface area contributed by atoms with Crippen LogP contribution < -0.4 is 9.80 Å². The van der Waals surface area contributed by atoms with Crippen LogP contribution in [0, 0.1) is 6.92 Å². The summed E-state index contributed by atoms with van der Waals surface area (Å²) < 4.78 is 3.65. The lowest BCUT2D eigenvalue weighted by Crippen LogP contribution is -2.30. The molecule has 0 spiro atoms. The van der Waals surface area contributed by atoms with Gasteiger partial charge >= 0.3 is 0 Å². The van der Waals surface area contributed by atoms with Crippen LogP contribution in [0.3, 0.4) is 0 Å². The Morgan fingerprint density at radius 3 is 2.78 bits per heavy atom. The summed E-state index contributed by atoms with van der Waals surface area (Å²) in [5, 5.41) is 2.47. The second kappa shape index (κ2) is 5.99. The third kappa shape index (κ3) is 2.60. The van der Waals surface area contributed by atoms with Crippen LogP contribution in [0.5, 0.6) is 0 Å². The van der Waals surface area contributed by atoms with E-state index in [1.165, 1.54) is 38.1 Å². The van der Waals surface area contributed by atoms with Crippen molar-refractivity contribution < 1.29 is 0 Å². The van der Waals surface area contributed by atoms with Gasteiger partial charge in [-0.1, -0.05) is 23.0 Å². The van der Waals surface area contributed by atoms with E-state index in [-0.39, 0.29) is 0 Å². The molecule has 0 saturated carbocycles. The van der Waals surface area contributed by atoms with Crippen LogP contribution in [-0.4, -0.2) is 30.2 Å². The Kier molecular flexibility index (Phi) is 3.69. The molecule has 5 rings (SSSR count). The molecule has 27 heavy (non-hydrogen) atoms. The molecule has 0 amide bonds. The van der Waals surface area contributed by atoms with Crippen LogP contribution >= 0.6 is 11.3 Å². The monoisotopic (exact) mass is 376 g/mol. The molecule has 0 atom stereocenters. The SMILES string of the molecule is Cc1ccc2c(c1)c1c(n2C)CCN(c2ccc3nc(N(C)C)sc3c2)C1. The first-order valence-corrected chi connectivity index (χ1v) is 10.2. The van der Waals surface area contributed by atoms with Crippen molar-refractivity contribution in [3.63, 3.8) is 0 Å². The highest BCUT2D eigenvalue weighted by Crippen LogP contribution is 2.35. The lowest BCUT2D eigenvalue weighted by molar-refractivity contribution is 0.694. The van der Waals surface area contributed by atoms with Gasteiger partial charge < -0.3 is 14.4 Å². The minimum Gasteiger partial charge on any atom is -0.367 e. The summed E-state index contributed by atoms with van der Waals surface area (Å²) in [7, 11) is 6.30. The van der Waals surface area contributed by atoms with Crippen molar-refractivity contribution in [3.05, 3.63) is 53.2 Å². The first-order valence-electron chi connectivity index (χ1n) is 9.41. The number of aromatic nitrogens is 2. The summed E-state index contributed by atoms with van der Waals surface area (Å²) >= 11 is 1.76. The fourth-order valence-corrected chi connectivity index (χ4v) is 5.12. The third-order valence-electron chi connectivity index (χ3n) is 5.67. The third-order valence-corrected chi connectivity index (χ3v) is 6.85. The minimum atomic E-state index is 0.973. The van der Waals surface area contributed by atoms with E-state index >= 15 is 0 Å². The van der Waals surface area contributed by atoms with Crippen LogP contribution in [0.2, 0.25) is 0 Å². The van der Waals surface area contributed by atoms with Gasteiger partial charge in [-0.3, -0.25) is 0 Å². The summed E-state index contributed by atoms with van der Waals surface area (Å²) in [6.07, 6.45) is 1.09. The number of rotatable bonds is 2. The maximum atomic E-state index is 4.71. The number of hydrogen-bond donors (Lipinski definition) is 0. The standard InChI is InChI=1S/C22H24N4S/c1-14-5-8-19-16(11-14)17-13-26(10-9-20(17)25(19)4)15-6-7-18-21(12-15)27-22(23-18)24(2)3/h5-8,11-12H,9-10,13H2,1-4H3. The summed E-state index contributed by atoms with van der Waals surface area (Å²) in [5.74, 6) is 0. The molecule has 0 radical (unpaired) electrons. The van der Waals surface area contributed by atoms with Crippen molar-refractivity contribution in [2.45, 2.75) is 19.9 Å². The average molecular weight is 377 g/mol. The van der Waals surface area contributed by atoms with Gasteiger partial charge in [0.1, 0.15) is 0 Å². The van der Waals surface area contributed by atoms with Crippen molar-refractivity contribution in [1.82, 2.24) is 9.55 Å². The molecule has 2 aromatic carbocycles. The topological polar surface area (TPSA) is 24.3 Å². The molecule has 0 unspecified atom stereocenters. The van der Waals surface area contributed by atoms with E-state index in [2.05, 4.69) is 64.7 Å². The highest BCUT2D eigenvalue weighted by molar-refractivity contribution is 7.22. The van der Waals surface area contributed by atoms with E-state index in [1.54, 1.807) is 11.3 Å². The zero-order valence-corrected chi connectivity index (χ0v) is 17.1. The molecular weight excluding hydrogens is 352 g/mol. The molecule has 0 fully saturated rings. The minimum absolute atomic E-state index is 0.973. The number of thiazole rings is 1. The second-order valence-corrected chi connectivity index (χ2v) is 8.73. The van der Waals surface area contributed by atoms with Crippen LogP contribution in [0.1, 0.15) is 16.8 Å². The highest BCUT2D eigenvalue weighted by atomic mass is 32.1. The Morgan fingerprint density at radius 1 is 1.11 bits per heavy atom. The number of nitrogens with zero attached hydrogens (tertiary/aromatic N) is 4. The molecule has 0 N–H and O–H groups in total. The lowest BCUT2D eigenvalue weighted by atomic mass is 10.0. The number of aryl methyl sites for hydroxylation is 2. The van der Waals surface area contributed by atoms with Gasteiger partial charge in [-0.25, -0.2) is 4.98 Å². The van der Waals surface area contributed by atoms with E-state index in [9.17, 15) is 0 Å². The van der Waals surface area contributed by atoms with E-state index in [0.717, 1.165) is 30.2 Å². The normalized spacial score (nSPS) is 14.1. The summed E-state index contributed by atoms with van der Waals surface area (Å²) in [6.45, 7) is 4.21. The van der Waals surface area contributed by atoms with Gasteiger partial charge in [0, 0.05) is 68.5 Å². The van der Waals surface area contributed by atoms with Gasteiger partial charge in [0.2, 0.25) is 0 Å². The number of fused-ring (bicyclic) bond motifs is 4. The Labute approximate surface area is 163 Å². The highest BCUT2D eigenvalue weighted by Gasteiger charge is 2.23. The Bertz CT molecular complexity index is 1170. The van der Waals surface area contributed by atoms with Gasteiger partial charge in [-0.05, 0) is 37.3 Å². The maximum absolute atomic E-state index is 4.71. The number of benzene rings is 2. The van der Waals surface area contributed by atoms with Crippen LogP contribution in [-0.2, 0) is 20.0 Å². The quantitative estimate of drug-likeness (QED) is 0.506. The van der Waals surface area contributed by atoms with Crippen LogP contribution in [0.25, 0.3) is 21.1 Å². The molecule has 0 aliphatic carbocycles. The van der Waals surface area contributed by atoms with Gasteiger partial charge in [0.25, 0.3) is 0 Å². The molecule has 0 saturated heterocycles. The Hall–Kier alpha value is -2.53. The molecule has 4 aromatic rings. The number of hydrogen-bond acceptors (Lipinski definition) is 4. The number of anilines is 2. The van der Waals surface area contributed by atoms with Crippen molar-refractivity contribution in [2.24, 2.45) is 7.05 Å². The van der Waals surface area contributed by atoms with Gasteiger partial charge in [-0.15, -0.1) is 0 Å². The average Bonchev–Trinajstić information content (AvgIpc) is 3.21. The molecule has 138 valence electrons. The summed E-state index contributed by atoms with van der Waals surface area (Å²) in [5.41, 5.74) is 8.04. The van der Waals surface area contributed by atoms with E-state index < -0.39 is 0 Å². The lowest BCUT2D eigenvalue weighted by Gasteiger charge is -2.30. The summed E-state index contributed by atoms with van der Waals surface area (Å²) in [6, 6.07) is 13.5. The van der Waals surface area contributed by atoms with Gasteiger partial charge in [0.05, 0.1) is 10.2 Å². The fourth-order valence-electron chi connectivity index (χ4n) is 4.20. The molecule has 4 nitrogen and oxygen atoms in total. The van der Waals surface area contributed by atoms with Gasteiger partial charge in [-0.2, -0.15) is 0 Å². The smallest absolute Gasteiger partial charge is 0.185 e. The molecule has 0 bridgehead atoms. The van der Waals surface area contributed by atoms with Crippen LogP contribution in [0.4, 0.5) is 10.8 Å². The molecule has 1 aliphatic heterocycles. The maximum Gasteiger partial charge on any atom is 0.185 e.